The van der Waals surface area contributed by atoms with Gasteiger partial charge in [0.15, 0.2) is 0 Å². The lowest BCUT2D eigenvalue weighted by Gasteiger charge is -2.33. The van der Waals surface area contributed by atoms with Gasteiger partial charge in [0.25, 0.3) is 5.91 Å². The first-order chi connectivity index (χ1) is 11.5. The van der Waals surface area contributed by atoms with Gasteiger partial charge < -0.3 is 0 Å². The molecule has 2 aliphatic rings. The Labute approximate surface area is 146 Å². The number of imide groups is 1. The molecule has 0 saturated carbocycles. The molecule has 1 aromatic heterocycles. The van der Waals surface area contributed by atoms with E-state index in [0.29, 0.717) is 30.8 Å². The highest BCUT2D eigenvalue weighted by molar-refractivity contribution is 6.19. The second-order valence-corrected chi connectivity index (χ2v) is 6.61. The topological polar surface area (TPSA) is 61.8 Å². The molecule has 1 fully saturated rings. The van der Waals surface area contributed by atoms with Crippen molar-refractivity contribution in [1.82, 2.24) is 14.4 Å². The van der Waals surface area contributed by atoms with Crippen LogP contribution in [0.5, 0.6) is 0 Å². The molecule has 24 heavy (non-hydrogen) atoms. The summed E-state index contributed by atoms with van der Waals surface area (Å²) in [5.41, 5.74) is 0.998. The quantitative estimate of drug-likeness (QED) is 0.446. The number of fused-ring (bicyclic) bond motifs is 3. The molecule has 0 aromatic carbocycles. The Hall–Kier alpha value is -1.89. The van der Waals surface area contributed by atoms with Gasteiger partial charge in [0.2, 0.25) is 11.9 Å². The van der Waals surface area contributed by atoms with E-state index in [2.05, 4.69) is 11.9 Å². The number of urea groups is 1. The van der Waals surface area contributed by atoms with Gasteiger partial charge >= 0.3 is 12.0 Å². The summed E-state index contributed by atoms with van der Waals surface area (Å²) >= 11 is 5.88. The number of alkyl halides is 1. The average molecular weight is 353 g/mol. The number of aryl methyl sites for hydroxylation is 1. The first-order valence-corrected chi connectivity index (χ1v) is 8.89. The molecule has 0 spiro atoms. The number of rotatable bonds is 6. The van der Waals surface area contributed by atoms with E-state index in [0.717, 1.165) is 25.0 Å². The van der Waals surface area contributed by atoms with Crippen molar-refractivity contribution in [3.8, 4) is 0 Å². The van der Waals surface area contributed by atoms with E-state index >= 15 is 0 Å². The largest absolute Gasteiger partial charge is 0.401 e. The number of amides is 3. The lowest BCUT2D eigenvalue weighted by atomic mass is 10.1. The number of halogens is 1. The summed E-state index contributed by atoms with van der Waals surface area (Å²) in [6.07, 6.45) is 4.77. The minimum atomic E-state index is -0.556. The van der Waals surface area contributed by atoms with Crippen LogP contribution in [0.2, 0.25) is 0 Å². The third-order valence-electron chi connectivity index (χ3n) is 4.62. The predicted octanol–water partition coefficient (Wildman–Crippen LogP) is 1.99. The highest BCUT2D eigenvalue weighted by atomic mass is 35.5. The molecule has 2 aliphatic heterocycles. The highest BCUT2D eigenvalue weighted by Crippen LogP contribution is 2.29. The van der Waals surface area contributed by atoms with E-state index in [1.807, 2.05) is 22.3 Å². The normalized spacial score (nSPS) is 19.7. The SMILES string of the molecule is CCCCCN1C(=O)C2C(=Nc3n(CCCl)c(C)c[n+]32)N(C)C1=O. The number of hydrogen-bond donors (Lipinski definition) is 0. The van der Waals surface area contributed by atoms with Crippen molar-refractivity contribution in [3.63, 3.8) is 0 Å². The molecule has 0 bridgehead atoms. The van der Waals surface area contributed by atoms with Crippen molar-refractivity contribution >= 4 is 35.3 Å². The maximum atomic E-state index is 12.9. The number of unbranched alkanes of at least 4 members (excludes halogenated alkanes) is 2. The van der Waals surface area contributed by atoms with Crippen LogP contribution >= 0.6 is 11.6 Å². The third-order valence-corrected chi connectivity index (χ3v) is 4.79. The van der Waals surface area contributed by atoms with Crippen LogP contribution in [-0.4, -0.2) is 51.6 Å². The van der Waals surface area contributed by atoms with Gasteiger partial charge in [-0.1, -0.05) is 24.8 Å². The zero-order chi connectivity index (χ0) is 17.4. The molecule has 1 unspecified atom stereocenters. The molecule has 1 atom stereocenters. The minimum absolute atomic E-state index is 0.195. The second kappa shape index (κ2) is 6.55. The van der Waals surface area contributed by atoms with E-state index in [4.69, 9.17) is 11.6 Å². The van der Waals surface area contributed by atoms with E-state index in [1.165, 1.54) is 9.80 Å². The summed E-state index contributed by atoms with van der Waals surface area (Å²) < 4.78 is 3.83. The molecule has 130 valence electrons. The summed E-state index contributed by atoms with van der Waals surface area (Å²) in [4.78, 5) is 32.9. The lowest BCUT2D eigenvalue weighted by molar-refractivity contribution is -0.677. The first kappa shape index (κ1) is 17.0. The fourth-order valence-corrected chi connectivity index (χ4v) is 3.49. The van der Waals surface area contributed by atoms with E-state index in [9.17, 15) is 9.59 Å². The maximum absolute atomic E-state index is 12.9. The Balaban J connectivity index is 1.96. The number of aliphatic imine (C=N–C) groups is 1. The Morgan fingerprint density at radius 1 is 1.29 bits per heavy atom. The van der Waals surface area contributed by atoms with Crippen LogP contribution in [0.4, 0.5) is 10.7 Å². The fourth-order valence-electron chi connectivity index (χ4n) is 3.32. The van der Waals surface area contributed by atoms with Gasteiger partial charge in [-0.05, 0) is 13.3 Å². The molecule has 0 N–H and O–H groups in total. The summed E-state index contributed by atoms with van der Waals surface area (Å²) in [6.45, 7) is 5.13. The van der Waals surface area contributed by atoms with Crippen molar-refractivity contribution in [2.75, 3.05) is 19.5 Å². The molecule has 7 nitrogen and oxygen atoms in total. The molecular formula is C16H23ClN5O2+. The summed E-state index contributed by atoms with van der Waals surface area (Å²) in [5, 5.41) is 0. The number of aromatic nitrogens is 2. The molecule has 0 aliphatic carbocycles. The number of likely N-dealkylation sites (N-methyl/N-ethyl adjacent to an activating group) is 1. The van der Waals surface area contributed by atoms with Gasteiger partial charge in [0, 0.05) is 13.6 Å². The monoisotopic (exact) mass is 352 g/mol. The van der Waals surface area contributed by atoms with Crippen molar-refractivity contribution in [2.45, 2.75) is 45.7 Å². The van der Waals surface area contributed by atoms with Gasteiger partial charge in [-0.2, -0.15) is 0 Å². The van der Waals surface area contributed by atoms with Crippen LogP contribution in [0.15, 0.2) is 11.2 Å². The van der Waals surface area contributed by atoms with Gasteiger partial charge in [0.1, 0.15) is 11.9 Å². The molecular weight excluding hydrogens is 330 g/mol. The van der Waals surface area contributed by atoms with Crippen molar-refractivity contribution in [1.29, 1.82) is 0 Å². The van der Waals surface area contributed by atoms with Gasteiger partial charge in [-0.3, -0.25) is 14.6 Å². The molecule has 8 heteroatoms. The van der Waals surface area contributed by atoms with Gasteiger partial charge in [-0.15, -0.1) is 11.6 Å². The summed E-state index contributed by atoms with van der Waals surface area (Å²) in [6, 6.07) is -0.850. The number of imidazole rings is 1. The Morgan fingerprint density at radius 2 is 2.04 bits per heavy atom. The van der Waals surface area contributed by atoms with Crippen LogP contribution in [0.3, 0.4) is 0 Å². The van der Waals surface area contributed by atoms with Crippen LogP contribution < -0.4 is 4.57 Å². The van der Waals surface area contributed by atoms with Crippen LogP contribution in [0.1, 0.15) is 37.9 Å². The van der Waals surface area contributed by atoms with Crippen molar-refractivity contribution in [2.24, 2.45) is 4.99 Å². The fraction of sp³-hybridized carbons (Fsp3) is 0.625. The molecule has 3 heterocycles. The van der Waals surface area contributed by atoms with Gasteiger partial charge in [-0.25, -0.2) is 13.9 Å². The van der Waals surface area contributed by atoms with Crippen LogP contribution in [0.25, 0.3) is 0 Å². The van der Waals surface area contributed by atoms with E-state index < -0.39 is 6.04 Å². The number of nitrogens with zero attached hydrogens (tertiary/aromatic N) is 5. The number of hydrogen-bond acceptors (Lipinski definition) is 3. The summed E-state index contributed by atoms with van der Waals surface area (Å²) in [5.74, 6) is 1.44. The van der Waals surface area contributed by atoms with Gasteiger partial charge in [0.05, 0.1) is 12.4 Å². The number of carbonyl (C=O) groups excluding carboxylic acids is 2. The molecule has 0 radical (unpaired) electrons. The van der Waals surface area contributed by atoms with Crippen LogP contribution in [-0.2, 0) is 11.3 Å². The lowest BCUT2D eigenvalue weighted by Crippen LogP contribution is -2.62. The Bertz CT molecular complexity index is 712. The second-order valence-electron chi connectivity index (χ2n) is 6.23. The predicted molar refractivity (Wildman–Crippen MR) is 90.6 cm³/mol. The first-order valence-electron chi connectivity index (χ1n) is 8.36. The van der Waals surface area contributed by atoms with E-state index in [1.54, 1.807) is 7.05 Å². The average Bonchev–Trinajstić information content (AvgIpc) is 3.06. The summed E-state index contributed by atoms with van der Waals surface area (Å²) in [7, 11) is 1.68. The highest BCUT2D eigenvalue weighted by Gasteiger charge is 2.52. The zero-order valence-corrected chi connectivity index (χ0v) is 15.1. The minimum Gasteiger partial charge on any atom is -0.270 e. The maximum Gasteiger partial charge on any atom is 0.401 e. The standard InChI is InChI=1S/C16H23ClN5O2/c1-4-5-6-8-21-14(23)12-13(19(3)16(21)24)18-15-20(9-7-17)11(2)10-22(12)15/h10,12H,4-9H2,1-3H3/q+1. The molecule has 1 aromatic rings. The molecule has 3 amide bonds. The smallest absolute Gasteiger partial charge is 0.270 e. The van der Waals surface area contributed by atoms with Crippen molar-refractivity contribution in [3.05, 3.63) is 11.9 Å². The third kappa shape index (κ3) is 2.51. The number of amidine groups is 1. The molecule has 1 saturated heterocycles. The number of carbonyl (C=O) groups is 2. The molecule has 3 rings (SSSR count). The van der Waals surface area contributed by atoms with Crippen LogP contribution in [0, 0.1) is 6.92 Å². The Kier molecular flexibility index (Phi) is 4.62. The van der Waals surface area contributed by atoms with E-state index in [-0.39, 0.29) is 11.9 Å². The van der Waals surface area contributed by atoms with Crippen molar-refractivity contribution < 1.29 is 14.2 Å². The zero-order valence-electron chi connectivity index (χ0n) is 14.3. The Morgan fingerprint density at radius 3 is 2.71 bits per heavy atom.